The number of aryl methyl sites for hydroxylation is 2. The van der Waals surface area contributed by atoms with Gasteiger partial charge >= 0.3 is 0 Å². The van der Waals surface area contributed by atoms with Crippen molar-refractivity contribution >= 4 is 0 Å². The molecule has 0 aromatic heterocycles. The normalized spacial score (nSPS) is 16.8. The lowest BCUT2D eigenvalue weighted by Gasteiger charge is -2.28. The minimum absolute atomic E-state index is 0.1000. The van der Waals surface area contributed by atoms with E-state index >= 15 is 0 Å². The molecule has 112 valence electrons. The van der Waals surface area contributed by atoms with E-state index in [0.29, 0.717) is 6.04 Å². The van der Waals surface area contributed by atoms with E-state index in [2.05, 4.69) is 51.2 Å². The zero-order valence-electron chi connectivity index (χ0n) is 13.5. The molecule has 1 unspecified atom stereocenters. The first kappa shape index (κ1) is 15.5. The first-order valence-electron chi connectivity index (χ1n) is 8.01. The summed E-state index contributed by atoms with van der Waals surface area (Å²) in [7, 11) is 0. The highest BCUT2D eigenvalue weighted by atomic mass is 16.5. The molecule has 1 atom stereocenters. The van der Waals surface area contributed by atoms with Crippen molar-refractivity contribution in [3.05, 3.63) is 34.9 Å². The lowest BCUT2D eigenvalue weighted by molar-refractivity contribution is -0.0103. The van der Waals surface area contributed by atoms with Crippen LogP contribution in [0.25, 0.3) is 0 Å². The van der Waals surface area contributed by atoms with Crippen LogP contribution in [0.4, 0.5) is 0 Å². The summed E-state index contributed by atoms with van der Waals surface area (Å²) < 4.78 is 5.74. The molecular formula is C18H29NO. The average Bonchev–Trinajstić information content (AvgIpc) is 2.44. The second kappa shape index (κ2) is 6.73. The Labute approximate surface area is 123 Å². The number of rotatable bonds is 6. The van der Waals surface area contributed by atoms with Crippen molar-refractivity contribution in [1.29, 1.82) is 0 Å². The van der Waals surface area contributed by atoms with Gasteiger partial charge in [-0.25, -0.2) is 0 Å². The van der Waals surface area contributed by atoms with Crippen molar-refractivity contribution in [2.24, 2.45) is 0 Å². The van der Waals surface area contributed by atoms with Gasteiger partial charge in [-0.3, -0.25) is 0 Å². The molecule has 1 aliphatic rings. The third kappa shape index (κ3) is 4.07. The summed E-state index contributed by atoms with van der Waals surface area (Å²) in [6, 6.07) is 7.40. The predicted molar refractivity (Wildman–Crippen MR) is 85.2 cm³/mol. The van der Waals surface area contributed by atoms with Gasteiger partial charge in [-0.1, -0.05) is 18.2 Å². The van der Waals surface area contributed by atoms with E-state index < -0.39 is 0 Å². The summed E-state index contributed by atoms with van der Waals surface area (Å²) in [6.45, 7) is 10.2. The molecule has 0 amide bonds. The molecule has 1 aliphatic carbocycles. The topological polar surface area (TPSA) is 21.3 Å². The predicted octanol–water partition coefficient (Wildman–Crippen LogP) is 4.03. The molecule has 0 saturated heterocycles. The van der Waals surface area contributed by atoms with Gasteiger partial charge in [0.15, 0.2) is 0 Å². The second-order valence-electron chi connectivity index (χ2n) is 6.53. The van der Waals surface area contributed by atoms with Crippen LogP contribution in [0.1, 0.15) is 63.3 Å². The van der Waals surface area contributed by atoms with Gasteiger partial charge in [0.1, 0.15) is 0 Å². The Morgan fingerprint density at radius 1 is 1.20 bits per heavy atom. The fraction of sp³-hybridized carbons (Fsp3) is 0.667. The first-order valence-corrected chi connectivity index (χ1v) is 8.01. The molecule has 1 aromatic rings. The Morgan fingerprint density at radius 2 is 1.90 bits per heavy atom. The average molecular weight is 275 g/mol. The number of hydrogen-bond donors (Lipinski definition) is 1. The molecule has 20 heavy (non-hydrogen) atoms. The van der Waals surface area contributed by atoms with Crippen molar-refractivity contribution in [3.63, 3.8) is 0 Å². The van der Waals surface area contributed by atoms with Crippen LogP contribution >= 0.6 is 0 Å². The van der Waals surface area contributed by atoms with Crippen molar-refractivity contribution in [1.82, 2.24) is 5.32 Å². The fourth-order valence-corrected chi connectivity index (χ4v) is 2.98. The number of nitrogens with one attached hydrogen (secondary N) is 1. The summed E-state index contributed by atoms with van der Waals surface area (Å²) >= 11 is 0. The minimum atomic E-state index is -0.1000. The molecule has 2 nitrogen and oxygen atoms in total. The van der Waals surface area contributed by atoms with Crippen LogP contribution in [-0.2, 0) is 17.6 Å². The van der Waals surface area contributed by atoms with Gasteiger partial charge in [0, 0.05) is 19.2 Å². The van der Waals surface area contributed by atoms with Crippen LogP contribution in [-0.4, -0.2) is 18.8 Å². The molecule has 2 heteroatoms. The molecule has 1 N–H and O–H groups in total. The molecular weight excluding hydrogens is 246 g/mol. The van der Waals surface area contributed by atoms with Gasteiger partial charge in [0.05, 0.1) is 5.60 Å². The van der Waals surface area contributed by atoms with Gasteiger partial charge in [-0.2, -0.15) is 0 Å². The zero-order chi connectivity index (χ0) is 14.6. The van der Waals surface area contributed by atoms with E-state index in [0.717, 1.165) is 13.2 Å². The number of ether oxygens (including phenoxy) is 1. The smallest absolute Gasteiger partial charge is 0.0750 e. The van der Waals surface area contributed by atoms with E-state index in [4.69, 9.17) is 4.74 Å². The summed E-state index contributed by atoms with van der Waals surface area (Å²) in [5, 5.41) is 3.61. The maximum absolute atomic E-state index is 5.74. The third-order valence-electron chi connectivity index (χ3n) is 4.24. The Bertz CT molecular complexity index is 439. The molecule has 1 aromatic carbocycles. The molecule has 0 heterocycles. The van der Waals surface area contributed by atoms with Crippen molar-refractivity contribution in [2.75, 3.05) is 13.2 Å². The number of benzene rings is 1. The first-order chi connectivity index (χ1) is 9.52. The maximum Gasteiger partial charge on any atom is 0.0750 e. The summed E-state index contributed by atoms with van der Waals surface area (Å²) in [5.74, 6) is 0. The number of hydrogen-bond acceptors (Lipinski definition) is 2. The monoisotopic (exact) mass is 275 g/mol. The van der Waals surface area contributed by atoms with Crippen LogP contribution < -0.4 is 5.32 Å². The van der Waals surface area contributed by atoms with Gasteiger partial charge in [-0.15, -0.1) is 0 Å². The van der Waals surface area contributed by atoms with Gasteiger partial charge in [0.2, 0.25) is 0 Å². The highest BCUT2D eigenvalue weighted by Crippen LogP contribution is 2.25. The summed E-state index contributed by atoms with van der Waals surface area (Å²) in [4.78, 5) is 0. The largest absolute Gasteiger partial charge is 0.375 e. The molecule has 0 aliphatic heterocycles. The summed E-state index contributed by atoms with van der Waals surface area (Å²) in [5.41, 5.74) is 4.42. The third-order valence-corrected chi connectivity index (χ3v) is 4.24. The maximum atomic E-state index is 5.74. The summed E-state index contributed by atoms with van der Waals surface area (Å²) in [6.07, 6.45) is 5.20. The standard InChI is InChI=1S/C18H29NO/c1-5-20-18(3,4)13-19-14(2)16-11-10-15-8-6-7-9-17(15)12-16/h10-12,14,19H,5-9,13H2,1-4H3. The highest BCUT2D eigenvalue weighted by Gasteiger charge is 2.19. The lowest BCUT2D eigenvalue weighted by atomic mass is 9.89. The minimum Gasteiger partial charge on any atom is -0.375 e. The molecule has 2 rings (SSSR count). The van der Waals surface area contributed by atoms with Crippen LogP contribution in [0.5, 0.6) is 0 Å². The molecule has 0 bridgehead atoms. The quantitative estimate of drug-likeness (QED) is 0.846. The van der Waals surface area contributed by atoms with E-state index in [1.807, 2.05) is 0 Å². The second-order valence-corrected chi connectivity index (χ2v) is 6.53. The molecule has 0 spiro atoms. The Morgan fingerprint density at radius 3 is 2.60 bits per heavy atom. The van der Waals surface area contributed by atoms with E-state index in [1.54, 1.807) is 11.1 Å². The Hall–Kier alpha value is -0.860. The Kier molecular flexibility index (Phi) is 5.22. The van der Waals surface area contributed by atoms with Gasteiger partial charge in [0.25, 0.3) is 0 Å². The lowest BCUT2D eigenvalue weighted by Crippen LogP contribution is -2.38. The molecule has 0 radical (unpaired) electrons. The van der Waals surface area contributed by atoms with Crippen LogP contribution in [0.15, 0.2) is 18.2 Å². The van der Waals surface area contributed by atoms with Gasteiger partial charge in [-0.05, 0) is 70.1 Å². The zero-order valence-corrected chi connectivity index (χ0v) is 13.5. The highest BCUT2D eigenvalue weighted by molar-refractivity contribution is 5.35. The fourth-order valence-electron chi connectivity index (χ4n) is 2.98. The van der Waals surface area contributed by atoms with Crippen molar-refractivity contribution in [2.45, 2.75) is 65.0 Å². The van der Waals surface area contributed by atoms with Gasteiger partial charge < -0.3 is 10.1 Å². The van der Waals surface area contributed by atoms with Crippen LogP contribution in [0.2, 0.25) is 0 Å². The van der Waals surface area contributed by atoms with E-state index in [-0.39, 0.29) is 5.60 Å². The van der Waals surface area contributed by atoms with Crippen LogP contribution in [0, 0.1) is 0 Å². The molecule has 0 saturated carbocycles. The van der Waals surface area contributed by atoms with Crippen LogP contribution in [0.3, 0.4) is 0 Å². The van der Waals surface area contributed by atoms with Crippen molar-refractivity contribution in [3.8, 4) is 0 Å². The van der Waals surface area contributed by atoms with Crippen molar-refractivity contribution < 1.29 is 4.74 Å². The SMILES string of the molecule is CCOC(C)(C)CNC(C)c1ccc2c(c1)CCCC2. The van der Waals surface area contributed by atoms with E-state index in [1.165, 1.54) is 31.2 Å². The Balaban J connectivity index is 1.97. The molecule has 0 fully saturated rings. The van der Waals surface area contributed by atoms with E-state index in [9.17, 15) is 0 Å². The number of fused-ring (bicyclic) bond motifs is 1.